The Balaban J connectivity index is 1.33. The van der Waals surface area contributed by atoms with E-state index in [4.69, 9.17) is 9.47 Å². The molecule has 45 heavy (non-hydrogen) atoms. The van der Waals surface area contributed by atoms with Crippen molar-refractivity contribution in [3.05, 3.63) is 121 Å². The van der Waals surface area contributed by atoms with E-state index in [0.29, 0.717) is 35.9 Å². The van der Waals surface area contributed by atoms with Crippen molar-refractivity contribution in [3.8, 4) is 22.3 Å². The largest absolute Gasteiger partial charge is 0.461 e. The van der Waals surface area contributed by atoms with Crippen molar-refractivity contribution in [2.45, 2.75) is 33.4 Å². The number of carbonyl (C=O) groups excluding carboxylic acids is 2. The van der Waals surface area contributed by atoms with Crippen molar-refractivity contribution >= 4 is 45.3 Å². The predicted molar refractivity (Wildman–Crippen MR) is 182 cm³/mol. The van der Waals surface area contributed by atoms with Gasteiger partial charge in [-0.2, -0.15) is 0 Å². The Morgan fingerprint density at radius 2 is 0.844 bits per heavy atom. The fraction of sp³-hybridized carbons (Fsp3) is 0.167. The summed E-state index contributed by atoms with van der Waals surface area (Å²) < 4.78 is 36.9. The van der Waals surface area contributed by atoms with Gasteiger partial charge >= 0.3 is 11.9 Å². The summed E-state index contributed by atoms with van der Waals surface area (Å²) in [6.45, 7) is 11.0. The molecule has 0 saturated carbocycles. The summed E-state index contributed by atoms with van der Waals surface area (Å²) in [5, 5.41) is 0. The molecule has 0 unspecified atom stereocenters. The zero-order valence-electron chi connectivity index (χ0n) is 25.2. The molecule has 232 valence electrons. The first-order valence-electron chi connectivity index (χ1n) is 14.1. The number of carbonyl (C=O) groups is 2. The fourth-order valence-electron chi connectivity index (χ4n) is 4.11. The van der Waals surface area contributed by atoms with Gasteiger partial charge in [-0.3, -0.25) is 0 Å². The van der Waals surface area contributed by atoms with Gasteiger partial charge in [0.2, 0.25) is 9.84 Å². The van der Waals surface area contributed by atoms with Crippen LogP contribution in [0.1, 0.15) is 13.8 Å². The third-order valence-electron chi connectivity index (χ3n) is 6.57. The highest BCUT2D eigenvalue weighted by atomic mass is 32.2. The van der Waals surface area contributed by atoms with Crippen LogP contribution < -0.4 is 0 Å². The molecule has 0 saturated heterocycles. The summed E-state index contributed by atoms with van der Waals surface area (Å²) in [4.78, 5) is 25.5. The van der Waals surface area contributed by atoms with Gasteiger partial charge in [0.1, 0.15) is 13.2 Å². The van der Waals surface area contributed by atoms with Crippen molar-refractivity contribution < 1.29 is 27.5 Å². The molecule has 0 aliphatic rings. The van der Waals surface area contributed by atoms with Gasteiger partial charge in [0.15, 0.2) is 0 Å². The van der Waals surface area contributed by atoms with Gasteiger partial charge in [-0.15, -0.1) is 23.5 Å². The summed E-state index contributed by atoms with van der Waals surface area (Å²) in [7, 11) is -3.69. The minimum Gasteiger partial charge on any atom is -0.461 e. The normalized spacial score (nSPS) is 11.1. The zero-order valence-corrected chi connectivity index (χ0v) is 27.6. The average molecular weight is 659 g/mol. The van der Waals surface area contributed by atoms with Crippen LogP contribution in [-0.4, -0.2) is 45.1 Å². The maximum absolute atomic E-state index is 13.4. The quantitative estimate of drug-likeness (QED) is 0.0579. The molecule has 0 amide bonds. The Kier molecular flexibility index (Phi) is 11.9. The van der Waals surface area contributed by atoms with Crippen LogP contribution in [0.4, 0.5) is 0 Å². The van der Waals surface area contributed by atoms with Gasteiger partial charge in [0.25, 0.3) is 0 Å². The number of hydrogen-bond acceptors (Lipinski definition) is 8. The zero-order chi connectivity index (χ0) is 32.4. The van der Waals surface area contributed by atoms with Crippen LogP contribution in [0.2, 0.25) is 0 Å². The predicted octanol–water partition coefficient (Wildman–Crippen LogP) is 8.28. The number of rotatable bonds is 14. The molecule has 0 bridgehead atoms. The van der Waals surface area contributed by atoms with Crippen LogP contribution >= 0.6 is 23.5 Å². The van der Waals surface area contributed by atoms with E-state index < -0.39 is 9.84 Å². The monoisotopic (exact) mass is 658 g/mol. The maximum atomic E-state index is 13.4. The van der Waals surface area contributed by atoms with Crippen LogP contribution in [0.15, 0.2) is 141 Å². The van der Waals surface area contributed by atoms with Crippen LogP contribution in [-0.2, 0) is 28.9 Å². The van der Waals surface area contributed by atoms with Crippen molar-refractivity contribution in [1.29, 1.82) is 0 Å². The molecule has 6 nitrogen and oxygen atoms in total. The van der Waals surface area contributed by atoms with E-state index in [2.05, 4.69) is 13.2 Å². The van der Waals surface area contributed by atoms with Crippen molar-refractivity contribution in [2.24, 2.45) is 0 Å². The number of sulfone groups is 1. The lowest BCUT2D eigenvalue weighted by Gasteiger charge is -2.09. The van der Waals surface area contributed by atoms with Crippen LogP contribution in [0.5, 0.6) is 0 Å². The Hall–Kier alpha value is -4.05. The number of benzene rings is 4. The second-order valence-corrected chi connectivity index (χ2v) is 14.4. The molecule has 0 N–H and O–H groups in total. The molecule has 0 heterocycles. The van der Waals surface area contributed by atoms with E-state index >= 15 is 0 Å². The third kappa shape index (κ3) is 9.47. The fourth-order valence-corrected chi connectivity index (χ4v) is 6.83. The summed E-state index contributed by atoms with van der Waals surface area (Å²) >= 11 is 3.17. The van der Waals surface area contributed by atoms with Gasteiger partial charge in [-0.05, 0) is 84.6 Å². The Morgan fingerprint density at radius 1 is 0.556 bits per heavy atom. The SMILES string of the molecule is C=C(C)C(=O)OCCSc1ccc(-c2ccc(S(=O)(=O)c3ccc(-c4ccc(SCCOC(=O)C(=C)C)cc4)cc3)cc2)cc1. The van der Waals surface area contributed by atoms with Gasteiger partial charge in [0.05, 0.1) is 9.79 Å². The minimum atomic E-state index is -3.69. The molecule has 4 rings (SSSR count). The van der Waals surface area contributed by atoms with E-state index in [1.54, 1.807) is 61.6 Å². The highest BCUT2D eigenvalue weighted by Crippen LogP contribution is 2.29. The van der Waals surface area contributed by atoms with Gasteiger partial charge in [-0.25, -0.2) is 18.0 Å². The number of thioether (sulfide) groups is 2. The lowest BCUT2D eigenvalue weighted by atomic mass is 10.1. The average Bonchev–Trinajstić information content (AvgIpc) is 3.05. The molecular weight excluding hydrogens is 625 g/mol. The van der Waals surface area contributed by atoms with Gasteiger partial charge in [0, 0.05) is 32.4 Å². The maximum Gasteiger partial charge on any atom is 0.333 e. The second kappa shape index (κ2) is 15.8. The Labute approximate surface area is 273 Å². The standard InChI is InChI=1S/C36H34O6S3/c1-25(2)35(37)41-21-23-43-31-13-5-27(6-14-31)29-9-17-33(18-10-29)45(39,40)34-19-11-30(12-20-34)28-7-15-32(16-8-28)44-24-22-42-36(38)26(3)4/h5-20H,1,3,21-24H2,2,4H3. The first-order valence-corrected chi connectivity index (χ1v) is 17.6. The first kappa shape index (κ1) is 33.8. The lowest BCUT2D eigenvalue weighted by molar-refractivity contribution is -0.139. The highest BCUT2D eigenvalue weighted by molar-refractivity contribution is 7.99. The second-order valence-electron chi connectivity index (χ2n) is 10.1. The molecule has 4 aromatic rings. The highest BCUT2D eigenvalue weighted by Gasteiger charge is 2.18. The molecule has 4 aromatic carbocycles. The molecule has 0 aliphatic heterocycles. The van der Waals surface area contributed by atoms with Crippen LogP contribution in [0, 0.1) is 0 Å². The molecule has 0 spiro atoms. The molecule has 0 aromatic heterocycles. The molecule has 9 heteroatoms. The van der Waals surface area contributed by atoms with Crippen molar-refractivity contribution in [2.75, 3.05) is 24.7 Å². The smallest absolute Gasteiger partial charge is 0.333 e. The summed E-state index contributed by atoms with van der Waals surface area (Å²) in [5.41, 5.74) is 4.52. The van der Waals surface area contributed by atoms with Crippen LogP contribution in [0.25, 0.3) is 22.3 Å². The van der Waals surface area contributed by atoms with E-state index in [9.17, 15) is 18.0 Å². The van der Waals surface area contributed by atoms with Crippen molar-refractivity contribution in [1.82, 2.24) is 0 Å². The van der Waals surface area contributed by atoms with Crippen LogP contribution in [0.3, 0.4) is 0 Å². The van der Waals surface area contributed by atoms with E-state index in [1.807, 2.05) is 72.8 Å². The Bertz CT molecular complexity index is 1630. The summed E-state index contributed by atoms with van der Waals surface area (Å²) in [6, 6.07) is 29.7. The molecule has 0 radical (unpaired) electrons. The first-order chi connectivity index (χ1) is 21.5. The lowest BCUT2D eigenvalue weighted by Crippen LogP contribution is -2.07. The summed E-state index contributed by atoms with van der Waals surface area (Å²) in [6.07, 6.45) is 0. The number of hydrogen-bond donors (Lipinski definition) is 0. The van der Waals surface area contributed by atoms with E-state index in [1.165, 1.54) is 0 Å². The molecular formula is C36H34O6S3. The van der Waals surface area contributed by atoms with Gasteiger partial charge < -0.3 is 9.47 Å². The molecule has 0 fully saturated rings. The van der Waals surface area contributed by atoms with Gasteiger partial charge in [-0.1, -0.05) is 61.7 Å². The number of esters is 2. The minimum absolute atomic E-state index is 0.228. The Morgan fingerprint density at radius 3 is 1.13 bits per heavy atom. The van der Waals surface area contributed by atoms with E-state index in [0.717, 1.165) is 32.0 Å². The van der Waals surface area contributed by atoms with E-state index in [-0.39, 0.29) is 21.7 Å². The number of ether oxygens (including phenoxy) is 2. The molecule has 0 aliphatic carbocycles. The third-order valence-corrected chi connectivity index (χ3v) is 10.3. The van der Waals surface area contributed by atoms with Crippen molar-refractivity contribution in [3.63, 3.8) is 0 Å². The summed E-state index contributed by atoms with van der Waals surface area (Å²) in [5.74, 6) is 0.498. The topological polar surface area (TPSA) is 86.7 Å². The molecule has 0 atom stereocenters.